The molecule has 156 valence electrons. The molecule has 0 unspecified atom stereocenters. The number of rotatable bonds is 5. The zero-order valence-corrected chi connectivity index (χ0v) is 17.3. The Balaban J connectivity index is 1.86. The predicted molar refractivity (Wildman–Crippen MR) is 112 cm³/mol. The lowest BCUT2D eigenvalue weighted by Gasteiger charge is -2.28. The highest BCUT2D eigenvalue weighted by Crippen LogP contribution is 2.43. The molecule has 1 N–H and O–H groups in total. The summed E-state index contributed by atoms with van der Waals surface area (Å²) < 4.78 is 11.2. The Kier molecular flexibility index (Phi) is 5.79. The van der Waals surface area contributed by atoms with E-state index in [0.717, 1.165) is 12.8 Å². The van der Waals surface area contributed by atoms with Gasteiger partial charge in [-0.1, -0.05) is 29.8 Å². The molecule has 1 amide bonds. The maximum atomic E-state index is 13.0. The maximum absolute atomic E-state index is 13.0. The number of methoxy groups -OCH3 is 1. The molecule has 0 bridgehead atoms. The van der Waals surface area contributed by atoms with Gasteiger partial charge in [-0.2, -0.15) is 0 Å². The third-order valence-corrected chi connectivity index (χ3v) is 5.77. The van der Waals surface area contributed by atoms with Crippen molar-refractivity contribution in [2.24, 2.45) is 0 Å². The minimum Gasteiger partial charge on any atom is -0.507 e. The lowest BCUT2D eigenvalue weighted by Crippen LogP contribution is -2.36. The Hall–Kier alpha value is -2.83. The maximum Gasteiger partial charge on any atom is 0.295 e. The van der Waals surface area contributed by atoms with Gasteiger partial charge >= 0.3 is 0 Å². The molecule has 2 saturated heterocycles. The number of aliphatic hydroxyl groups is 1. The van der Waals surface area contributed by atoms with Crippen molar-refractivity contribution in [3.8, 4) is 5.75 Å². The van der Waals surface area contributed by atoms with E-state index < -0.39 is 17.7 Å². The molecule has 2 aromatic rings. The molecule has 2 fully saturated rings. The molecule has 0 aromatic heterocycles. The van der Waals surface area contributed by atoms with Gasteiger partial charge < -0.3 is 19.5 Å². The van der Waals surface area contributed by atoms with E-state index in [-0.39, 0.29) is 24.0 Å². The van der Waals surface area contributed by atoms with E-state index in [9.17, 15) is 14.7 Å². The second kappa shape index (κ2) is 8.50. The molecular formula is C23H22ClNO5. The molecule has 2 aliphatic rings. The summed E-state index contributed by atoms with van der Waals surface area (Å²) in [5, 5.41) is 11.5. The van der Waals surface area contributed by atoms with Crippen LogP contribution >= 0.6 is 11.6 Å². The minimum absolute atomic E-state index is 0.0322. The van der Waals surface area contributed by atoms with E-state index in [1.54, 1.807) is 36.4 Å². The summed E-state index contributed by atoms with van der Waals surface area (Å²) in [7, 11) is 1.53. The van der Waals surface area contributed by atoms with Gasteiger partial charge in [-0.15, -0.1) is 0 Å². The number of aliphatic hydroxyl groups excluding tert-OH is 1. The van der Waals surface area contributed by atoms with Crippen LogP contribution in [-0.4, -0.2) is 48.1 Å². The van der Waals surface area contributed by atoms with Gasteiger partial charge in [0, 0.05) is 29.3 Å². The lowest BCUT2D eigenvalue weighted by molar-refractivity contribution is -0.140. The van der Waals surface area contributed by atoms with Gasteiger partial charge in [0.15, 0.2) is 0 Å². The lowest BCUT2D eigenvalue weighted by atomic mass is 9.94. The molecule has 2 aliphatic heterocycles. The van der Waals surface area contributed by atoms with Crippen LogP contribution in [0.5, 0.6) is 5.75 Å². The zero-order valence-electron chi connectivity index (χ0n) is 16.5. The van der Waals surface area contributed by atoms with Gasteiger partial charge in [-0.05, 0) is 43.2 Å². The van der Waals surface area contributed by atoms with Crippen LogP contribution in [0.25, 0.3) is 5.76 Å². The number of likely N-dealkylation sites (tertiary alicyclic amines) is 1. The Morgan fingerprint density at radius 3 is 2.60 bits per heavy atom. The third-order valence-electron chi connectivity index (χ3n) is 5.52. The molecule has 4 rings (SSSR count). The van der Waals surface area contributed by atoms with Crippen LogP contribution in [0.1, 0.15) is 30.0 Å². The third kappa shape index (κ3) is 3.68. The second-order valence-electron chi connectivity index (χ2n) is 7.34. The van der Waals surface area contributed by atoms with Crippen LogP contribution in [0.4, 0.5) is 0 Å². The van der Waals surface area contributed by atoms with E-state index >= 15 is 0 Å². The number of ether oxygens (including phenoxy) is 2. The van der Waals surface area contributed by atoms with Gasteiger partial charge in [0.25, 0.3) is 11.7 Å². The first kappa shape index (κ1) is 20.4. The van der Waals surface area contributed by atoms with Gasteiger partial charge in [0.1, 0.15) is 11.5 Å². The summed E-state index contributed by atoms with van der Waals surface area (Å²) in [4.78, 5) is 27.5. The average Bonchev–Trinajstić information content (AvgIpc) is 3.36. The Bertz CT molecular complexity index is 995. The molecule has 2 heterocycles. The van der Waals surface area contributed by atoms with Gasteiger partial charge in [-0.3, -0.25) is 9.59 Å². The summed E-state index contributed by atoms with van der Waals surface area (Å²) in [5.74, 6) is -1.09. The highest BCUT2D eigenvalue weighted by Gasteiger charge is 2.47. The zero-order chi connectivity index (χ0) is 21.3. The molecular weight excluding hydrogens is 406 g/mol. The largest absolute Gasteiger partial charge is 0.507 e. The average molecular weight is 428 g/mol. The standard InChI is InChI=1S/C23H22ClNO5/c1-29-18-7-3-2-6-17(18)20-19(21(26)14-8-10-15(24)11-9-14)22(27)23(28)25(20)13-16-5-4-12-30-16/h2-3,6-11,16,20,26H,4-5,12-13H2,1H3/t16-,20+/m0/s1. The number of halogens is 1. The summed E-state index contributed by atoms with van der Waals surface area (Å²) in [6.07, 6.45) is 1.59. The summed E-state index contributed by atoms with van der Waals surface area (Å²) in [6.45, 7) is 0.906. The van der Waals surface area contributed by atoms with Crippen LogP contribution in [0.2, 0.25) is 5.02 Å². The van der Waals surface area contributed by atoms with Crippen LogP contribution in [-0.2, 0) is 14.3 Å². The van der Waals surface area contributed by atoms with Crippen molar-refractivity contribution in [3.63, 3.8) is 0 Å². The second-order valence-corrected chi connectivity index (χ2v) is 7.77. The molecule has 2 aromatic carbocycles. The quantitative estimate of drug-likeness (QED) is 0.444. The van der Waals surface area contributed by atoms with E-state index in [4.69, 9.17) is 21.1 Å². The number of Topliss-reactive ketones (excluding diaryl/α,β-unsaturated/α-hetero) is 1. The fourth-order valence-electron chi connectivity index (χ4n) is 4.05. The molecule has 30 heavy (non-hydrogen) atoms. The molecule has 0 aliphatic carbocycles. The van der Waals surface area contributed by atoms with E-state index in [2.05, 4.69) is 0 Å². The van der Waals surface area contributed by atoms with E-state index in [1.807, 2.05) is 12.1 Å². The van der Waals surface area contributed by atoms with Crippen molar-refractivity contribution in [1.82, 2.24) is 4.90 Å². The van der Waals surface area contributed by atoms with Crippen molar-refractivity contribution in [1.29, 1.82) is 0 Å². The van der Waals surface area contributed by atoms with E-state index in [0.29, 0.717) is 28.5 Å². The van der Waals surface area contributed by atoms with Crippen LogP contribution < -0.4 is 4.74 Å². The normalized spacial score (nSPS) is 23.2. The fraction of sp³-hybridized carbons (Fsp3) is 0.304. The number of hydrogen-bond donors (Lipinski definition) is 1. The Labute approximate surface area is 179 Å². The van der Waals surface area contributed by atoms with Crippen molar-refractivity contribution < 1.29 is 24.2 Å². The highest BCUT2D eigenvalue weighted by molar-refractivity contribution is 6.46. The minimum atomic E-state index is -0.777. The molecule has 2 atom stereocenters. The molecule has 0 saturated carbocycles. The molecule has 0 radical (unpaired) electrons. The monoisotopic (exact) mass is 427 g/mol. The van der Waals surface area contributed by atoms with Crippen LogP contribution in [0, 0.1) is 0 Å². The van der Waals surface area contributed by atoms with Crippen molar-refractivity contribution in [3.05, 3.63) is 70.3 Å². The number of carbonyl (C=O) groups excluding carboxylic acids is 2. The number of benzene rings is 2. The van der Waals surface area contributed by atoms with Crippen LogP contribution in [0.3, 0.4) is 0 Å². The molecule has 7 heteroatoms. The number of hydrogen-bond acceptors (Lipinski definition) is 5. The number of amides is 1. The summed E-state index contributed by atoms with van der Waals surface area (Å²) in [6, 6.07) is 12.9. The van der Waals surface area contributed by atoms with Crippen molar-refractivity contribution >= 4 is 29.1 Å². The molecule has 6 nitrogen and oxygen atoms in total. The fourth-order valence-corrected chi connectivity index (χ4v) is 4.18. The topological polar surface area (TPSA) is 76.1 Å². The van der Waals surface area contributed by atoms with Gasteiger partial charge in [0.2, 0.25) is 0 Å². The first-order valence-electron chi connectivity index (χ1n) is 9.80. The summed E-state index contributed by atoms with van der Waals surface area (Å²) >= 11 is 5.95. The first-order chi connectivity index (χ1) is 14.5. The predicted octanol–water partition coefficient (Wildman–Crippen LogP) is 3.95. The Morgan fingerprint density at radius 2 is 1.93 bits per heavy atom. The van der Waals surface area contributed by atoms with Crippen LogP contribution in [0.15, 0.2) is 54.1 Å². The number of carbonyl (C=O) groups is 2. The van der Waals surface area contributed by atoms with Crippen molar-refractivity contribution in [2.45, 2.75) is 25.0 Å². The van der Waals surface area contributed by atoms with E-state index in [1.165, 1.54) is 12.0 Å². The van der Waals surface area contributed by atoms with Gasteiger partial charge in [0.05, 0.1) is 24.8 Å². The number of nitrogens with zero attached hydrogens (tertiary/aromatic N) is 1. The van der Waals surface area contributed by atoms with Gasteiger partial charge in [-0.25, -0.2) is 0 Å². The highest BCUT2D eigenvalue weighted by atomic mass is 35.5. The summed E-state index contributed by atoms with van der Waals surface area (Å²) in [5.41, 5.74) is 1.08. The first-order valence-corrected chi connectivity index (χ1v) is 10.2. The number of ketones is 1. The number of para-hydroxylation sites is 1. The van der Waals surface area contributed by atoms with Crippen molar-refractivity contribution in [2.75, 3.05) is 20.3 Å². The smallest absolute Gasteiger partial charge is 0.295 e. The SMILES string of the molecule is COc1ccccc1[C@@H]1C(=C(O)c2ccc(Cl)cc2)C(=O)C(=O)N1C[C@@H]1CCCO1. The Morgan fingerprint density at radius 1 is 1.20 bits per heavy atom. The molecule has 0 spiro atoms.